The standard InChI is InChI=1S/C17H14N4O3/c22-16(12-5-7-18-8-6-12)19-9-13-10-21(11-20-13)15-4-2-1-3-14(15)17(23)24/h1-8,10-11H,9H2,(H,19,22)(H,23,24). The number of rotatable bonds is 5. The predicted molar refractivity (Wildman–Crippen MR) is 85.9 cm³/mol. The molecule has 0 aliphatic heterocycles. The van der Waals surface area contributed by atoms with Crippen LogP contribution in [0.5, 0.6) is 0 Å². The first-order valence-corrected chi connectivity index (χ1v) is 7.19. The minimum Gasteiger partial charge on any atom is -0.478 e. The van der Waals surface area contributed by atoms with E-state index < -0.39 is 5.97 Å². The fourth-order valence-electron chi connectivity index (χ4n) is 2.24. The average molecular weight is 322 g/mol. The second-order valence-corrected chi connectivity index (χ2v) is 5.01. The second-order valence-electron chi connectivity index (χ2n) is 5.01. The van der Waals surface area contributed by atoms with Gasteiger partial charge in [0.1, 0.15) is 0 Å². The number of aromatic carboxylic acids is 1. The monoisotopic (exact) mass is 322 g/mol. The highest BCUT2D eigenvalue weighted by molar-refractivity contribution is 5.94. The molecule has 7 nitrogen and oxygen atoms in total. The number of carboxylic acid groups (broad SMARTS) is 1. The molecule has 1 amide bonds. The molecule has 0 unspecified atom stereocenters. The molecule has 0 radical (unpaired) electrons. The highest BCUT2D eigenvalue weighted by atomic mass is 16.4. The minimum atomic E-state index is -1.01. The van der Waals surface area contributed by atoms with Crippen molar-refractivity contribution in [3.63, 3.8) is 0 Å². The van der Waals surface area contributed by atoms with Gasteiger partial charge in [0, 0.05) is 24.2 Å². The molecule has 0 bridgehead atoms. The molecular formula is C17H14N4O3. The van der Waals surface area contributed by atoms with Crippen LogP contribution in [0.25, 0.3) is 5.69 Å². The van der Waals surface area contributed by atoms with Gasteiger partial charge in [-0.05, 0) is 24.3 Å². The van der Waals surface area contributed by atoms with Crippen LogP contribution in [0.1, 0.15) is 26.4 Å². The summed E-state index contributed by atoms with van der Waals surface area (Å²) in [7, 11) is 0. The van der Waals surface area contributed by atoms with Gasteiger partial charge in [0.15, 0.2) is 0 Å². The van der Waals surface area contributed by atoms with Crippen molar-refractivity contribution in [2.45, 2.75) is 6.54 Å². The van der Waals surface area contributed by atoms with Crippen LogP contribution in [0.15, 0.2) is 61.3 Å². The third kappa shape index (κ3) is 3.30. The predicted octanol–water partition coefficient (Wildman–Crippen LogP) is 1.90. The van der Waals surface area contributed by atoms with E-state index in [1.165, 1.54) is 12.4 Å². The number of benzene rings is 1. The summed E-state index contributed by atoms with van der Waals surface area (Å²) in [6, 6.07) is 9.90. The molecule has 2 aromatic heterocycles. The lowest BCUT2D eigenvalue weighted by atomic mass is 10.2. The maximum Gasteiger partial charge on any atom is 0.337 e. The Hall–Kier alpha value is -3.48. The molecule has 120 valence electrons. The summed E-state index contributed by atoms with van der Waals surface area (Å²) in [4.78, 5) is 31.3. The fraction of sp³-hybridized carbons (Fsp3) is 0.0588. The zero-order valence-electron chi connectivity index (χ0n) is 12.6. The molecule has 0 fully saturated rings. The number of amides is 1. The summed E-state index contributed by atoms with van der Waals surface area (Å²) in [5, 5.41) is 12.0. The maximum atomic E-state index is 12.0. The van der Waals surface area contributed by atoms with E-state index in [1.54, 1.807) is 53.5 Å². The third-order valence-corrected chi connectivity index (χ3v) is 3.42. The van der Waals surface area contributed by atoms with Gasteiger partial charge in [-0.3, -0.25) is 9.78 Å². The molecule has 24 heavy (non-hydrogen) atoms. The first-order chi connectivity index (χ1) is 11.6. The third-order valence-electron chi connectivity index (χ3n) is 3.42. The summed E-state index contributed by atoms with van der Waals surface area (Å²) in [6.07, 6.45) is 6.31. The number of hydrogen-bond donors (Lipinski definition) is 2. The van der Waals surface area contributed by atoms with Crippen LogP contribution in [0.3, 0.4) is 0 Å². The van der Waals surface area contributed by atoms with Crippen molar-refractivity contribution >= 4 is 11.9 Å². The van der Waals surface area contributed by atoms with Crippen LogP contribution in [0, 0.1) is 0 Å². The van der Waals surface area contributed by atoms with E-state index in [1.807, 2.05) is 0 Å². The summed E-state index contributed by atoms with van der Waals surface area (Å²) < 4.78 is 1.62. The van der Waals surface area contributed by atoms with Crippen LogP contribution in [-0.2, 0) is 6.54 Å². The molecule has 0 atom stereocenters. The number of nitrogens with one attached hydrogen (secondary N) is 1. The molecule has 0 saturated heterocycles. The Morgan fingerprint density at radius 3 is 2.62 bits per heavy atom. The molecule has 0 saturated carbocycles. The van der Waals surface area contributed by atoms with Gasteiger partial charge in [-0.25, -0.2) is 9.78 Å². The Labute approximate surface area is 137 Å². The normalized spacial score (nSPS) is 10.3. The van der Waals surface area contributed by atoms with Crippen molar-refractivity contribution in [2.24, 2.45) is 0 Å². The molecule has 7 heteroatoms. The number of hydrogen-bond acceptors (Lipinski definition) is 4. The smallest absolute Gasteiger partial charge is 0.337 e. The number of carbonyl (C=O) groups excluding carboxylic acids is 1. The van der Waals surface area contributed by atoms with E-state index in [0.717, 1.165) is 0 Å². The molecule has 3 rings (SSSR count). The first-order valence-electron chi connectivity index (χ1n) is 7.19. The number of imidazole rings is 1. The Morgan fingerprint density at radius 2 is 1.88 bits per heavy atom. The molecule has 0 aliphatic rings. The number of carboxylic acids is 1. The minimum absolute atomic E-state index is 0.183. The van der Waals surface area contributed by atoms with Gasteiger partial charge in [-0.15, -0.1) is 0 Å². The van der Waals surface area contributed by atoms with Crippen LogP contribution in [0.4, 0.5) is 0 Å². The quantitative estimate of drug-likeness (QED) is 0.747. The molecular weight excluding hydrogens is 308 g/mol. The second kappa shape index (κ2) is 6.74. The van der Waals surface area contributed by atoms with Gasteiger partial charge in [0.05, 0.1) is 29.8 Å². The van der Waals surface area contributed by atoms with Gasteiger partial charge < -0.3 is 15.0 Å². The van der Waals surface area contributed by atoms with E-state index in [0.29, 0.717) is 16.9 Å². The Balaban J connectivity index is 1.73. The van der Waals surface area contributed by atoms with Crippen LogP contribution in [0.2, 0.25) is 0 Å². The van der Waals surface area contributed by atoms with E-state index in [9.17, 15) is 14.7 Å². The highest BCUT2D eigenvalue weighted by Crippen LogP contribution is 2.15. The van der Waals surface area contributed by atoms with Crippen molar-refractivity contribution < 1.29 is 14.7 Å². The number of para-hydroxylation sites is 1. The largest absolute Gasteiger partial charge is 0.478 e. The first kappa shape index (κ1) is 15.4. The number of aromatic nitrogens is 3. The SMILES string of the molecule is O=C(NCc1cn(-c2ccccc2C(=O)O)cn1)c1ccncc1. The summed E-state index contributed by atoms with van der Waals surface area (Å²) in [5.41, 5.74) is 1.84. The van der Waals surface area contributed by atoms with Gasteiger partial charge >= 0.3 is 5.97 Å². The molecule has 3 aromatic rings. The van der Waals surface area contributed by atoms with E-state index >= 15 is 0 Å². The summed E-state index contributed by atoms with van der Waals surface area (Å²) in [5.74, 6) is -1.23. The Morgan fingerprint density at radius 1 is 1.12 bits per heavy atom. The number of carbonyl (C=O) groups is 2. The molecule has 1 aromatic carbocycles. The van der Waals surface area contributed by atoms with Gasteiger partial charge in [-0.2, -0.15) is 0 Å². The highest BCUT2D eigenvalue weighted by Gasteiger charge is 2.12. The number of pyridine rings is 1. The van der Waals surface area contributed by atoms with Crippen LogP contribution < -0.4 is 5.32 Å². The van der Waals surface area contributed by atoms with Crippen molar-refractivity contribution in [2.75, 3.05) is 0 Å². The van der Waals surface area contributed by atoms with E-state index in [2.05, 4.69) is 15.3 Å². The van der Waals surface area contributed by atoms with Gasteiger partial charge in [0.25, 0.3) is 5.91 Å². The van der Waals surface area contributed by atoms with Crippen LogP contribution in [-0.4, -0.2) is 31.5 Å². The van der Waals surface area contributed by atoms with Crippen molar-refractivity contribution in [3.8, 4) is 5.69 Å². The zero-order valence-corrected chi connectivity index (χ0v) is 12.6. The van der Waals surface area contributed by atoms with Gasteiger partial charge in [-0.1, -0.05) is 12.1 Å². The molecule has 2 N–H and O–H groups in total. The van der Waals surface area contributed by atoms with Crippen molar-refractivity contribution in [1.29, 1.82) is 0 Å². The van der Waals surface area contributed by atoms with Gasteiger partial charge in [0.2, 0.25) is 0 Å². The topological polar surface area (TPSA) is 97.1 Å². The Kier molecular flexibility index (Phi) is 4.33. The maximum absolute atomic E-state index is 12.0. The molecule has 0 aliphatic carbocycles. The lowest BCUT2D eigenvalue weighted by molar-refractivity contribution is 0.0696. The summed E-state index contributed by atoms with van der Waals surface area (Å²) in [6.45, 7) is 0.239. The van der Waals surface area contributed by atoms with E-state index in [4.69, 9.17) is 0 Å². The van der Waals surface area contributed by atoms with Crippen LogP contribution >= 0.6 is 0 Å². The average Bonchev–Trinajstić information content (AvgIpc) is 3.09. The lowest BCUT2D eigenvalue weighted by Crippen LogP contribution is -2.22. The fourth-order valence-corrected chi connectivity index (χ4v) is 2.24. The summed E-state index contributed by atoms with van der Waals surface area (Å²) >= 11 is 0. The van der Waals surface area contributed by atoms with Crippen molar-refractivity contribution in [1.82, 2.24) is 19.9 Å². The number of nitrogens with zero attached hydrogens (tertiary/aromatic N) is 3. The molecule has 0 spiro atoms. The van der Waals surface area contributed by atoms with Crippen molar-refractivity contribution in [3.05, 3.63) is 78.1 Å². The zero-order chi connectivity index (χ0) is 16.9. The van der Waals surface area contributed by atoms with E-state index in [-0.39, 0.29) is 18.0 Å². The Bertz CT molecular complexity index is 874. The lowest BCUT2D eigenvalue weighted by Gasteiger charge is -2.06. The molecule has 2 heterocycles.